The monoisotopic (exact) mass is 572 g/mol. The molecule has 0 bridgehead atoms. The van der Waals surface area contributed by atoms with Crippen molar-refractivity contribution in [3.63, 3.8) is 0 Å². The van der Waals surface area contributed by atoms with Crippen LogP contribution in [0.25, 0.3) is 44.1 Å². The average Bonchev–Trinajstić information content (AvgIpc) is 3.28. The summed E-state index contributed by atoms with van der Waals surface area (Å²) < 4.78 is 45.7. The molecule has 0 saturated heterocycles. The molecule has 0 spiro atoms. The molecule has 8 nitrogen and oxygen atoms in total. The number of pyridine rings is 1. The molecular formula is C31H23F3N4O4. The van der Waals surface area contributed by atoms with Crippen LogP contribution in [0.15, 0.2) is 70.4 Å². The largest absolute Gasteiger partial charge is 0.386 e. The quantitative estimate of drug-likeness (QED) is 0.281. The summed E-state index contributed by atoms with van der Waals surface area (Å²) in [6.45, 7) is 4.81. The van der Waals surface area contributed by atoms with E-state index in [1.165, 1.54) is 12.1 Å². The first kappa shape index (κ1) is 27.0. The van der Waals surface area contributed by atoms with Crippen LogP contribution in [0.2, 0.25) is 0 Å². The Bertz CT molecular complexity index is 2260. The highest BCUT2D eigenvalue weighted by Crippen LogP contribution is 2.41. The Morgan fingerprint density at radius 1 is 1.00 bits per heavy atom. The van der Waals surface area contributed by atoms with E-state index in [0.29, 0.717) is 43.4 Å². The number of benzene rings is 3. The number of fused-ring (bicyclic) bond motifs is 4. The minimum atomic E-state index is -1.18. The van der Waals surface area contributed by atoms with Gasteiger partial charge in [-0.1, -0.05) is 24.3 Å². The molecule has 0 fully saturated rings. The molecular weight excluding hydrogens is 549 g/mol. The van der Waals surface area contributed by atoms with E-state index < -0.39 is 45.7 Å². The fourth-order valence-corrected chi connectivity index (χ4v) is 5.47. The lowest BCUT2D eigenvalue weighted by Crippen LogP contribution is -2.36. The third-order valence-corrected chi connectivity index (χ3v) is 7.51. The van der Waals surface area contributed by atoms with Crippen LogP contribution >= 0.6 is 0 Å². The van der Waals surface area contributed by atoms with Crippen molar-refractivity contribution < 1.29 is 23.1 Å². The van der Waals surface area contributed by atoms with Crippen molar-refractivity contribution in [1.29, 1.82) is 0 Å². The number of nitrogens with two attached hydrogens (primary N) is 1. The second-order valence-corrected chi connectivity index (χ2v) is 10.7. The predicted molar refractivity (Wildman–Crippen MR) is 152 cm³/mol. The number of hydrogen-bond acceptors (Lipinski definition) is 4. The third-order valence-electron chi connectivity index (χ3n) is 7.51. The second kappa shape index (κ2) is 9.18. The number of aliphatic hydroxyl groups is 1. The molecule has 6 aromatic rings. The molecule has 212 valence electrons. The lowest BCUT2D eigenvalue weighted by Gasteiger charge is -2.17. The van der Waals surface area contributed by atoms with Gasteiger partial charge in [0.1, 0.15) is 11.6 Å². The van der Waals surface area contributed by atoms with Gasteiger partial charge in [0.05, 0.1) is 34.1 Å². The van der Waals surface area contributed by atoms with E-state index in [4.69, 9.17) is 5.73 Å². The van der Waals surface area contributed by atoms with Gasteiger partial charge in [0.2, 0.25) is 0 Å². The van der Waals surface area contributed by atoms with Crippen LogP contribution in [-0.4, -0.2) is 25.0 Å². The molecule has 42 heavy (non-hydrogen) atoms. The number of aromatic amines is 1. The van der Waals surface area contributed by atoms with E-state index in [0.717, 1.165) is 22.9 Å². The van der Waals surface area contributed by atoms with Crippen molar-refractivity contribution >= 4 is 33.2 Å². The molecule has 3 aromatic carbocycles. The Morgan fingerprint density at radius 2 is 1.74 bits per heavy atom. The SMILES string of the molecule is Cc1c(-c2c(F)cc(C(N)=O)c3[nH]c4cc(C(C)(C)O)ccc4c23)cccc1-n1c(=O)cc2c(F)cc(F)cn2c1=O. The lowest BCUT2D eigenvalue weighted by atomic mass is 9.91. The maximum atomic E-state index is 16.0. The first-order chi connectivity index (χ1) is 19.8. The number of hydrogen-bond donors (Lipinski definition) is 3. The molecule has 0 atom stereocenters. The standard InChI is InChI=1S/C31H23F3N4O4/c1-14-17(5-4-6-23(14)38-25(39)12-24-20(33)10-16(32)13-37(24)30(38)41)26-21(34)11-19(29(35)40)28-27(26)18-8-7-15(31(2,3)42)9-22(18)36-28/h4-13,36,42H,1-3H3,(H2,35,40). The van der Waals surface area contributed by atoms with E-state index in [-0.39, 0.29) is 22.3 Å². The van der Waals surface area contributed by atoms with Gasteiger partial charge in [0, 0.05) is 34.0 Å². The molecule has 6 rings (SSSR count). The fraction of sp³-hybridized carbons (Fsp3) is 0.129. The zero-order chi connectivity index (χ0) is 30.2. The van der Waals surface area contributed by atoms with E-state index in [9.17, 15) is 28.3 Å². The van der Waals surface area contributed by atoms with Gasteiger partial charge in [-0.2, -0.15) is 0 Å². The molecule has 11 heteroatoms. The fourth-order valence-electron chi connectivity index (χ4n) is 5.47. The molecule has 0 radical (unpaired) electrons. The predicted octanol–water partition coefficient (Wildman–Crippen LogP) is 4.80. The van der Waals surface area contributed by atoms with Crippen LogP contribution < -0.4 is 17.0 Å². The van der Waals surface area contributed by atoms with Gasteiger partial charge in [-0.3, -0.25) is 14.0 Å². The number of nitrogens with one attached hydrogen (secondary N) is 1. The summed E-state index contributed by atoms with van der Waals surface area (Å²) in [7, 11) is 0. The highest BCUT2D eigenvalue weighted by Gasteiger charge is 2.25. The van der Waals surface area contributed by atoms with E-state index in [2.05, 4.69) is 4.98 Å². The number of rotatable bonds is 4. The van der Waals surface area contributed by atoms with Crippen molar-refractivity contribution in [3.8, 4) is 16.8 Å². The molecule has 4 N–H and O–H groups in total. The summed E-state index contributed by atoms with van der Waals surface area (Å²) >= 11 is 0. The molecule has 3 aromatic heterocycles. The molecule has 3 heterocycles. The van der Waals surface area contributed by atoms with E-state index in [1.54, 1.807) is 45.0 Å². The minimum absolute atomic E-state index is 0.0669. The molecule has 0 aliphatic heterocycles. The van der Waals surface area contributed by atoms with Crippen molar-refractivity contribution in [2.45, 2.75) is 26.4 Å². The number of carbonyl (C=O) groups is 1. The van der Waals surface area contributed by atoms with Gasteiger partial charge in [0.25, 0.3) is 11.5 Å². The maximum Gasteiger partial charge on any atom is 0.340 e. The first-order valence-corrected chi connectivity index (χ1v) is 12.8. The van der Waals surface area contributed by atoms with E-state index >= 15 is 4.39 Å². The number of H-pyrrole nitrogens is 1. The molecule has 0 aliphatic rings. The van der Waals surface area contributed by atoms with Crippen LogP contribution in [0.1, 0.15) is 35.3 Å². The normalized spacial score (nSPS) is 12.1. The zero-order valence-corrected chi connectivity index (χ0v) is 22.6. The number of halogens is 3. The molecule has 0 aliphatic carbocycles. The Kier molecular flexibility index (Phi) is 5.91. The number of amides is 1. The van der Waals surface area contributed by atoms with Crippen LogP contribution in [0, 0.1) is 24.4 Å². The maximum absolute atomic E-state index is 16.0. The molecule has 1 amide bonds. The number of aromatic nitrogens is 3. The summed E-state index contributed by atoms with van der Waals surface area (Å²) in [6, 6.07) is 12.1. The van der Waals surface area contributed by atoms with Crippen LogP contribution in [0.5, 0.6) is 0 Å². The van der Waals surface area contributed by atoms with Crippen LogP contribution in [0.3, 0.4) is 0 Å². The summed E-state index contributed by atoms with van der Waals surface area (Å²) in [5.41, 5.74) is 4.14. The number of primary amides is 1. The highest BCUT2D eigenvalue weighted by atomic mass is 19.1. The highest BCUT2D eigenvalue weighted by molar-refractivity contribution is 6.20. The summed E-state index contributed by atoms with van der Waals surface area (Å²) in [5.74, 6) is -3.73. The average molecular weight is 573 g/mol. The smallest absolute Gasteiger partial charge is 0.340 e. The van der Waals surface area contributed by atoms with Gasteiger partial charge in [0.15, 0.2) is 5.82 Å². The lowest BCUT2D eigenvalue weighted by molar-refractivity contribution is 0.0787. The van der Waals surface area contributed by atoms with Gasteiger partial charge in [-0.25, -0.2) is 22.5 Å². The Labute approximate surface area is 235 Å². The van der Waals surface area contributed by atoms with Crippen LogP contribution in [-0.2, 0) is 5.60 Å². The summed E-state index contributed by atoms with van der Waals surface area (Å²) in [6.07, 6.45) is 0.773. The topological polar surface area (TPSA) is 123 Å². The van der Waals surface area contributed by atoms with Crippen molar-refractivity contribution in [2.24, 2.45) is 5.73 Å². The van der Waals surface area contributed by atoms with Crippen molar-refractivity contribution in [3.05, 3.63) is 116 Å². The Balaban J connectivity index is 1.69. The summed E-state index contributed by atoms with van der Waals surface area (Å²) in [5, 5.41) is 11.4. The molecule has 0 saturated carbocycles. The Hall–Kier alpha value is -5.16. The second-order valence-electron chi connectivity index (χ2n) is 10.7. The third kappa shape index (κ3) is 4.00. The van der Waals surface area contributed by atoms with Gasteiger partial charge < -0.3 is 15.8 Å². The van der Waals surface area contributed by atoms with E-state index in [1.807, 2.05) is 0 Å². The number of nitrogens with zero attached hydrogens (tertiary/aromatic N) is 2. The van der Waals surface area contributed by atoms with Gasteiger partial charge in [-0.15, -0.1) is 0 Å². The first-order valence-electron chi connectivity index (χ1n) is 12.8. The zero-order valence-electron chi connectivity index (χ0n) is 22.6. The number of carbonyl (C=O) groups excluding carboxylic acids is 1. The van der Waals surface area contributed by atoms with Crippen molar-refractivity contribution in [2.75, 3.05) is 0 Å². The minimum Gasteiger partial charge on any atom is -0.386 e. The van der Waals surface area contributed by atoms with Gasteiger partial charge in [-0.05, 0) is 55.7 Å². The summed E-state index contributed by atoms with van der Waals surface area (Å²) in [4.78, 5) is 41.9. The van der Waals surface area contributed by atoms with Crippen LogP contribution in [0.4, 0.5) is 13.2 Å². The Morgan fingerprint density at radius 3 is 2.43 bits per heavy atom. The van der Waals surface area contributed by atoms with Gasteiger partial charge >= 0.3 is 5.69 Å². The van der Waals surface area contributed by atoms with Crippen molar-refractivity contribution in [1.82, 2.24) is 14.0 Å². The molecule has 0 unspecified atom stereocenters.